The lowest BCUT2D eigenvalue weighted by atomic mass is 9.85. The summed E-state index contributed by atoms with van der Waals surface area (Å²) in [6, 6.07) is 4.08. The average Bonchev–Trinajstić information content (AvgIpc) is 2.39. The Labute approximate surface area is 109 Å². The summed E-state index contributed by atoms with van der Waals surface area (Å²) in [6.45, 7) is 4.49. The van der Waals surface area contributed by atoms with Gasteiger partial charge in [-0.1, -0.05) is 6.07 Å². The Balaban J connectivity index is 2.07. The van der Waals surface area contributed by atoms with Gasteiger partial charge in [-0.2, -0.15) is 0 Å². The number of nitrogens with zero attached hydrogens (tertiary/aromatic N) is 2. The van der Waals surface area contributed by atoms with Gasteiger partial charge in [-0.3, -0.25) is 9.88 Å². The van der Waals surface area contributed by atoms with Gasteiger partial charge >= 0.3 is 0 Å². The molecule has 2 atom stereocenters. The molecule has 1 aromatic rings. The van der Waals surface area contributed by atoms with E-state index in [2.05, 4.69) is 29.9 Å². The molecule has 2 N–H and O–H groups in total. The van der Waals surface area contributed by atoms with Gasteiger partial charge in [-0.25, -0.2) is 0 Å². The van der Waals surface area contributed by atoms with Crippen molar-refractivity contribution in [3.05, 3.63) is 30.1 Å². The average molecular weight is 249 g/mol. The van der Waals surface area contributed by atoms with Crippen molar-refractivity contribution in [2.24, 2.45) is 5.73 Å². The van der Waals surface area contributed by atoms with Crippen LogP contribution in [0.5, 0.6) is 0 Å². The first-order valence-electron chi connectivity index (χ1n) is 6.58. The molecule has 100 valence electrons. The van der Waals surface area contributed by atoms with Gasteiger partial charge in [0.1, 0.15) is 0 Å². The second-order valence-electron chi connectivity index (χ2n) is 5.28. The number of ether oxygens (including phenoxy) is 1. The molecule has 1 aliphatic rings. The van der Waals surface area contributed by atoms with E-state index >= 15 is 0 Å². The summed E-state index contributed by atoms with van der Waals surface area (Å²) >= 11 is 0. The number of hydrogen-bond acceptors (Lipinski definition) is 4. The zero-order chi connectivity index (χ0) is 13.0. The molecule has 18 heavy (non-hydrogen) atoms. The Morgan fingerprint density at radius 3 is 3.06 bits per heavy atom. The highest BCUT2D eigenvalue weighted by Crippen LogP contribution is 2.30. The van der Waals surface area contributed by atoms with Crippen molar-refractivity contribution < 1.29 is 4.74 Å². The number of hydrogen-bond donors (Lipinski definition) is 1. The lowest BCUT2D eigenvalue weighted by Crippen LogP contribution is -2.56. The summed E-state index contributed by atoms with van der Waals surface area (Å²) in [5, 5.41) is 0. The summed E-state index contributed by atoms with van der Waals surface area (Å²) in [5.74, 6) is 0. The Morgan fingerprint density at radius 2 is 2.44 bits per heavy atom. The van der Waals surface area contributed by atoms with Crippen LogP contribution in [0, 0.1) is 0 Å². The van der Waals surface area contributed by atoms with Crippen molar-refractivity contribution in [2.75, 3.05) is 20.2 Å². The van der Waals surface area contributed by atoms with Crippen LogP contribution in [0.15, 0.2) is 24.5 Å². The van der Waals surface area contributed by atoms with Crippen molar-refractivity contribution in [1.82, 2.24) is 9.88 Å². The Hall–Kier alpha value is -0.970. The highest BCUT2D eigenvalue weighted by molar-refractivity contribution is 5.09. The van der Waals surface area contributed by atoms with Crippen LogP contribution in [0.2, 0.25) is 0 Å². The van der Waals surface area contributed by atoms with Crippen LogP contribution in [-0.2, 0) is 11.3 Å². The lowest BCUT2D eigenvalue weighted by molar-refractivity contribution is -0.0584. The molecule has 4 nitrogen and oxygen atoms in total. The molecule has 0 aromatic carbocycles. The molecule has 0 spiro atoms. The first-order chi connectivity index (χ1) is 8.66. The second-order valence-corrected chi connectivity index (χ2v) is 5.28. The predicted molar refractivity (Wildman–Crippen MR) is 72.1 cm³/mol. The fourth-order valence-electron chi connectivity index (χ4n) is 2.77. The molecule has 0 radical (unpaired) electrons. The van der Waals surface area contributed by atoms with Crippen LogP contribution in [0.3, 0.4) is 0 Å². The largest absolute Gasteiger partial charge is 0.378 e. The van der Waals surface area contributed by atoms with Gasteiger partial charge in [0.05, 0.1) is 6.10 Å². The van der Waals surface area contributed by atoms with Crippen LogP contribution in [0.1, 0.15) is 25.3 Å². The maximum absolute atomic E-state index is 6.04. The topological polar surface area (TPSA) is 51.4 Å². The maximum Gasteiger partial charge on any atom is 0.0565 e. The van der Waals surface area contributed by atoms with E-state index in [9.17, 15) is 0 Å². The minimum atomic E-state index is 0.0630. The van der Waals surface area contributed by atoms with Gasteiger partial charge in [-0.15, -0.1) is 0 Å². The lowest BCUT2D eigenvalue weighted by Gasteiger charge is -2.46. The molecule has 1 saturated heterocycles. The van der Waals surface area contributed by atoms with E-state index in [0.29, 0.717) is 12.6 Å². The van der Waals surface area contributed by atoms with Crippen LogP contribution in [0.4, 0.5) is 0 Å². The monoisotopic (exact) mass is 249 g/mol. The quantitative estimate of drug-likeness (QED) is 0.876. The van der Waals surface area contributed by atoms with E-state index in [1.807, 2.05) is 12.3 Å². The third-order valence-electron chi connectivity index (χ3n) is 3.97. The van der Waals surface area contributed by atoms with Crippen molar-refractivity contribution in [3.8, 4) is 0 Å². The molecule has 4 heteroatoms. The molecule has 1 aromatic heterocycles. The second kappa shape index (κ2) is 5.78. The Bertz CT molecular complexity index is 371. The molecule has 1 aliphatic heterocycles. The molecule has 0 bridgehead atoms. The SMILES string of the molecule is CC1CC(CN)(N(C)Cc2cccnc2)CCO1. The Morgan fingerprint density at radius 1 is 1.61 bits per heavy atom. The Kier molecular flexibility index (Phi) is 4.32. The summed E-state index contributed by atoms with van der Waals surface area (Å²) in [5.41, 5.74) is 7.33. The fourth-order valence-corrected chi connectivity index (χ4v) is 2.77. The van der Waals surface area contributed by atoms with Crippen LogP contribution >= 0.6 is 0 Å². The van der Waals surface area contributed by atoms with Crippen LogP contribution in [-0.4, -0.2) is 41.7 Å². The summed E-state index contributed by atoms with van der Waals surface area (Å²) in [4.78, 5) is 6.53. The van der Waals surface area contributed by atoms with E-state index in [-0.39, 0.29) is 5.54 Å². The third kappa shape index (κ3) is 2.88. The van der Waals surface area contributed by atoms with Gasteiger partial charge in [0, 0.05) is 37.6 Å². The molecule has 2 heterocycles. The van der Waals surface area contributed by atoms with Gasteiger partial charge in [0.25, 0.3) is 0 Å². The van der Waals surface area contributed by atoms with E-state index in [4.69, 9.17) is 10.5 Å². The van der Waals surface area contributed by atoms with Gasteiger partial charge in [-0.05, 0) is 38.4 Å². The zero-order valence-electron chi connectivity index (χ0n) is 11.3. The zero-order valence-corrected chi connectivity index (χ0v) is 11.3. The standard InChI is InChI=1S/C14H23N3O/c1-12-8-14(11-15,5-7-18-12)17(2)10-13-4-3-6-16-9-13/h3-4,6,9,12H,5,7-8,10-11,15H2,1-2H3. The minimum absolute atomic E-state index is 0.0630. The number of nitrogens with two attached hydrogens (primary N) is 1. The van der Waals surface area contributed by atoms with Crippen LogP contribution < -0.4 is 5.73 Å². The van der Waals surface area contributed by atoms with E-state index < -0.39 is 0 Å². The van der Waals surface area contributed by atoms with Gasteiger partial charge in [0.2, 0.25) is 0 Å². The highest BCUT2D eigenvalue weighted by Gasteiger charge is 2.37. The number of pyridine rings is 1. The minimum Gasteiger partial charge on any atom is -0.378 e. The number of rotatable bonds is 4. The summed E-state index contributed by atoms with van der Waals surface area (Å²) in [6.07, 6.45) is 6.02. The van der Waals surface area contributed by atoms with Crippen molar-refractivity contribution >= 4 is 0 Å². The molecular weight excluding hydrogens is 226 g/mol. The third-order valence-corrected chi connectivity index (χ3v) is 3.97. The van der Waals surface area contributed by atoms with Crippen molar-refractivity contribution in [2.45, 2.75) is 38.0 Å². The smallest absolute Gasteiger partial charge is 0.0565 e. The predicted octanol–water partition coefficient (Wildman–Crippen LogP) is 1.41. The molecule has 0 saturated carbocycles. The summed E-state index contributed by atoms with van der Waals surface area (Å²) in [7, 11) is 2.15. The molecule has 0 amide bonds. The van der Waals surface area contributed by atoms with Gasteiger partial charge < -0.3 is 10.5 Å². The van der Waals surface area contributed by atoms with Crippen LogP contribution in [0.25, 0.3) is 0 Å². The van der Waals surface area contributed by atoms with E-state index in [0.717, 1.165) is 26.0 Å². The number of likely N-dealkylation sites (N-methyl/N-ethyl adjacent to an activating group) is 1. The van der Waals surface area contributed by atoms with Gasteiger partial charge in [0.15, 0.2) is 0 Å². The van der Waals surface area contributed by atoms with Crippen molar-refractivity contribution in [3.63, 3.8) is 0 Å². The normalized spacial score (nSPS) is 28.6. The van der Waals surface area contributed by atoms with E-state index in [1.54, 1.807) is 6.20 Å². The van der Waals surface area contributed by atoms with Crippen molar-refractivity contribution in [1.29, 1.82) is 0 Å². The first kappa shape index (κ1) is 13.5. The number of aromatic nitrogens is 1. The first-order valence-corrected chi connectivity index (χ1v) is 6.58. The molecule has 2 rings (SSSR count). The van der Waals surface area contributed by atoms with E-state index in [1.165, 1.54) is 5.56 Å². The molecule has 0 aliphatic carbocycles. The maximum atomic E-state index is 6.04. The molecular formula is C14H23N3O. The fraction of sp³-hybridized carbons (Fsp3) is 0.643. The highest BCUT2D eigenvalue weighted by atomic mass is 16.5. The molecule has 2 unspecified atom stereocenters. The summed E-state index contributed by atoms with van der Waals surface area (Å²) < 4.78 is 5.64. The molecule has 1 fully saturated rings.